The maximum absolute atomic E-state index is 13.3. The fourth-order valence-corrected chi connectivity index (χ4v) is 4.09. The van der Waals surface area contributed by atoms with E-state index in [9.17, 15) is 14.4 Å². The Morgan fingerprint density at radius 2 is 1.79 bits per heavy atom. The van der Waals surface area contributed by atoms with Gasteiger partial charge in [-0.2, -0.15) is 0 Å². The van der Waals surface area contributed by atoms with Crippen LogP contribution in [0.25, 0.3) is 0 Å². The van der Waals surface area contributed by atoms with Crippen molar-refractivity contribution in [3.8, 4) is 11.5 Å². The van der Waals surface area contributed by atoms with Crippen LogP contribution in [0.1, 0.15) is 45.2 Å². The summed E-state index contributed by atoms with van der Waals surface area (Å²) in [5, 5.41) is 5.59. The number of carbonyl (C=O) groups is 3. The lowest BCUT2D eigenvalue weighted by Gasteiger charge is -2.24. The highest BCUT2D eigenvalue weighted by atomic mass is 16.5. The van der Waals surface area contributed by atoms with Crippen LogP contribution in [0, 0.1) is 0 Å². The minimum absolute atomic E-state index is 0.180. The van der Waals surface area contributed by atoms with Crippen molar-refractivity contribution in [3.05, 3.63) is 53.6 Å². The average molecular weight is 452 g/mol. The highest BCUT2D eigenvalue weighted by Gasteiger charge is 2.49. The minimum atomic E-state index is -1.31. The summed E-state index contributed by atoms with van der Waals surface area (Å²) in [5.41, 5.74) is 0.692. The third kappa shape index (κ3) is 4.37. The van der Waals surface area contributed by atoms with E-state index in [-0.39, 0.29) is 12.0 Å². The summed E-state index contributed by atoms with van der Waals surface area (Å²) in [6, 6.07) is 12.1. The zero-order chi connectivity index (χ0) is 23.8. The van der Waals surface area contributed by atoms with E-state index < -0.39 is 23.4 Å². The van der Waals surface area contributed by atoms with Gasteiger partial charge in [-0.3, -0.25) is 14.5 Å². The molecule has 0 spiro atoms. The first-order valence-corrected chi connectivity index (χ1v) is 11.0. The van der Waals surface area contributed by atoms with E-state index in [0.717, 1.165) is 16.9 Å². The summed E-state index contributed by atoms with van der Waals surface area (Å²) in [5.74, 6) is 0.188. The van der Waals surface area contributed by atoms with Crippen LogP contribution in [0.15, 0.2) is 42.5 Å². The molecule has 2 aliphatic heterocycles. The average Bonchev–Trinajstić information content (AvgIpc) is 2.92. The first-order chi connectivity index (χ1) is 15.6. The molecule has 2 heterocycles. The van der Waals surface area contributed by atoms with E-state index in [1.165, 1.54) is 0 Å². The summed E-state index contributed by atoms with van der Waals surface area (Å²) < 4.78 is 11.4. The van der Waals surface area contributed by atoms with Crippen molar-refractivity contribution >= 4 is 23.5 Å². The minimum Gasteiger partial charge on any atom is -0.490 e. The third-order valence-electron chi connectivity index (χ3n) is 5.91. The van der Waals surface area contributed by atoms with Crippen LogP contribution in [-0.4, -0.2) is 42.5 Å². The second-order valence-electron chi connectivity index (χ2n) is 9.50. The van der Waals surface area contributed by atoms with Crippen molar-refractivity contribution in [2.24, 2.45) is 0 Å². The number of hydrogen-bond acceptors (Lipinski definition) is 5. The molecule has 1 fully saturated rings. The Morgan fingerprint density at radius 1 is 1.09 bits per heavy atom. The Labute approximate surface area is 193 Å². The first kappa shape index (κ1) is 22.6. The molecule has 0 aliphatic carbocycles. The fraction of sp³-hybridized carbons (Fsp3) is 0.400. The van der Waals surface area contributed by atoms with Crippen LogP contribution >= 0.6 is 0 Å². The number of para-hydroxylation sites is 1. The number of nitrogens with zero attached hydrogens (tertiary/aromatic N) is 1. The summed E-state index contributed by atoms with van der Waals surface area (Å²) in [6.45, 7) is 8.46. The number of hydrogen-bond donors (Lipinski definition) is 2. The lowest BCUT2D eigenvalue weighted by atomic mass is 9.86. The number of rotatable bonds is 4. The molecule has 1 atom stereocenters. The van der Waals surface area contributed by atoms with Gasteiger partial charge in [0.2, 0.25) is 5.91 Å². The molecule has 2 N–H and O–H groups in total. The van der Waals surface area contributed by atoms with Crippen molar-refractivity contribution in [2.45, 2.75) is 45.1 Å². The van der Waals surface area contributed by atoms with Crippen molar-refractivity contribution in [2.75, 3.05) is 25.1 Å². The van der Waals surface area contributed by atoms with Gasteiger partial charge in [0.1, 0.15) is 12.1 Å². The molecule has 0 saturated carbocycles. The van der Waals surface area contributed by atoms with Gasteiger partial charge in [-0.15, -0.1) is 0 Å². The maximum Gasteiger partial charge on any atom is 0.325 e. The molecule has 1 unspecified atom stereocenters. The summed E-state index contributed by atoms with van der Waals surface area (Å²) in [4.78, 5) is 39.7. The number of fused-ring (bicyclic) bond motifs is 1. The Kier molecular flexibility index (Phi) is 5.78. The Bertz CT molecular complexity index is 1110. The molecule has 4 amide bonds. The number of benzene rings is 2. The van der Waals surface area contributed by atoms with Crippen molar-refractivity contribution < 1.29 is 23.9 Å². The molecule has 2 aromatic rings. The number of nitrogens with one attached hydrogen (secondary N) is 2. The predicted molar refractivity (Wildman–Crippen MR) is 123 cm³/mol. The van der Waals surface area contributed by atoms with Crippen LogP contribution in [0.4, 0.5) is 10.5 Å². The SMILES string of the molecule is CC(C)(C)c1ccccc1NC(=O)CN1C(=O)NC(C)(c2ccc3c(c2)OCCCO3)C1=O. The second kappa shape index (κ2) is 8.42. The maximum atomic E-state index is 13.3. The number of carbonyl (C=O) groups excluding carboxylic acids is 3. The number of urea groups is 1. The number of ether oxygens (including phenoxy) is 2. The van der Waals surface area contributed by atoms with E-state index in [1.54, 1.807) is 25.1 Å². The van der Waals surface area contributed by atoms with Gasteiger partial charge in [0.05, 0.1) is 13.2 Å². The van der Waals surface area contributed by atoms with Gasteiger partial charge in [-0.1, -0.05) is 45.0 Å². The van der Waals surface area contributed by atoms with Gasteiger partial charge in [0.15, 0.2) is 11.5 Å². The zero-order valence-corrected chi connectivity index (χ0v) is 19.4. The fourth-order valence-electron chi connectivity index (χ4n) is 4.09. The van der Waals surface area contributed by atoms with Crippen molar-refractivity contribution in [3.63, 3.8) is 0 Å². The normalized spacial score (nSPS) is 20.3. The van der Waals surface area contributed by atoms with Gasteiger partial charge in [0.25, 0.3) is 5.91 Å². The van der Waals surface area contributed by atoms with E-state index in [4.69, 9.17) is 9.47 Å². The zero-order valence-electron chi connectivity index (χ0n) is 19.4. The third-order valence-corrected chi connectivity index (χ3v) is 5.91. The lowest BCUT2D eigenvalue weighted by Crippen LogP contribution is -2.42. The molecule has 8 nitrogen and oxygen atoms in total. The molecule has 8 heteroatoms. The highest BCUT2D eigenvalue weighted by Crippen LogP contribution is 2.36. The standard InChI is InChI=1S/C25H29N3O5/c1-24(2,3)17-8-5-6-9-18(17)26-21(29)15-28-22(30)25(4,27-23(28)31)16-10-11-19-20(14-16)33-13-7-12-32-19/h5-6,8-11,14H,7,12-13,15H2,1-4H3,(H,26,29)(H,27,31). The van der Waals surface area contributed by atoms with Gasteiger partial charge >= 0.3 is 6.03 Å². The van der Waals surface area contributed by atoms with Crippen molar-refractivity contribution in [1.82, 2.24) is 10.2 Å². The van der Waals surface area contributed by atoms with Crippen LogP contribution < -0.4 is 20.1 Å². The van der Waals surface area contributed by atoms with E-state index in [0.29, 0.717) is 36.0 Å². The molecule has 1 saturated heterocycles. The molecule has 4 rings (SSSR count). The monoisotopic (exact) mass is 451 g/mol. The number of imide groups is 1. The van der Waals surface area contributed by atoms with Crippen LogP contribution in [-0.2, 0) is 20.5 Å². The predicted octanol–water partition coefficient (Wildman–Crippen LogP) is 3.55. The summed E-state index contributed by atoms with van der Waals surface area (Å²) >= 11 is 0. The van der Waals surface area contributed by atoms with Gasteiger partial charge < -0.3 is 20.1 Å². The van der Waals surface area contributed by atoms with Gasteiger partial charge in [-0.05, 0) is 41.7 Å². The summed E-state index contributed by atoms with van der Waals surface area (Å²) in [6.07, 6.45) is 0.762. The van der Waals surface area contributed by atoms with E-state index in [2.05, 4.69) is 31.4 Å². The molecule has 2 aliphatic rings. The molecule has 33 heavy (non-hydrogen) atoms. The van der Waals surface area contributed by atoms with E-state index in [1.807, 2.05) is 24.3 Å². The lowest BCUT2D eigenvalue weighted by molar-refractivity contribution is -0.133. The van der Waals surface area contributed by atoms with Gasteiger partial charge in [0, 0.05) is 12.1 Å². The molecule has 2 aromatic carbocycles. The molecular formula is C25H29N3O5. The van der Waals surface area contributed by atoms with Gasteiger partial charge in [-0.25, -0.2) is 4.79 Å². The first-order valence-electron chi connectivity index (χ1n) is 11.0. The van der Waals surface area contributed by atoms with Crippen LogP contribution in [0.3, 0.4) is 0 Å². The quantitative estimate of drug-likeness (QED) is 0.693. The Hall–Kier alpha value is -3.55. The molecule has 0 bridgehead atoms. The second-order valence-corrected chi connectivity index (χ2v) is 9.50. The van der Waals surface area contributed by atoms with Crippen LogP contribution in [0.2, 0.25) is 0 Å². The molecule has 174 valence electrons. The molecular weight excluding hydrogens is 422 g/mol. The topological polar surface area (TPSA) is 97.0 Å². The smallest absolute Gasteiger partial charge is 0.325 e. The number of anilines is 1. The largest absolute Gasteiger partial charge is 0.490 e. The molecule has 0 aromatic heterocycles. The Morgan fingerprint density at radius 3 is 2.52 bits per heavy atom. The highest BCUT2D eigenvalue weighted by molar-refractivity contribution is 6.10. The van der Waals surface area contributed by atoms with Crippen LogP contribution in [0.5, 0.6) is 11.5 Å². The Balaban J connectivity index is 1.52. The van der Waals surface area contributed by atoms with Crippen molar-refractivity contribution in [1.29, 1.82) is 0 Å². The van der Waals surface area contributed by atoms with E-state index >= 15 is 0 Å². The summed E-state index contributed by atoms with van der Waals surface area (Å²) in [7, 11) is 0. The number of amides is 4. The molecule has 0 radical (unpaired) electrons.